The molecule has 3 aromatic heterocycles. The molecule has 0 atom stereocenters. The van der Waals surface area contributed by atoms with Gasteiger partial charge in [0.1, 0.15) is 0 Å². The minimum atomic E-state index is -0.0237. The standard InChI is InChI=1S/C22H18N4OS/c1-24(2)15-9-11-16(12-10-15)25-13-5-6-17(25)14-20-21(27)26-19-8-4-3-7-18(19)23-22(26)28-20/h3-14H,1-2H3. The smallest absolute Gasteiger partial charge is 0.275 e. The van der Waals surface area contributed by atoms with Gasteiger partial charge in [0, 0.05) is 37.4 Å². The first-order valence-electron chi connectivity index (χ1n) is 8.99. The fourth-order valence-corrected chi connectivity index (χ4v) is 4.38. The Bertz CT molecular complexity index is 1410. The zero-order valence-electron chi connectivity index (χ0n) is 15.5. The van der Waals surface area contributed by atoms with Crippen LogP contribution < -0.4 is 15.0 Å². The molecule has 0 spiro atoms. The van der Waals surface area contributed by atoms with Crippen molar-refractivity contribution in [2.24, 2.45) is 0 Å². The lowest BCUT2D eigenvalue weighted by Crippen LogP contribution is -2.23. The third-order valence-corrected chi connectivity index (χ3v) is 5.82. The van der Waals surface area contributed by atoms with Gasteiger partial charge in [-0.3, -0.25) is 4.79 Å². The Kier molecular flexibility index (Phi) is 3.80. The number of aromatic nitrogens is 3. The molecule has 3 heterocycles. The average molecular weight is 386 g/mol. The number of rotatable bonds is 3. The number of imidazole rings is 1. The summed E-state index contributed by atoms with van der Waals surface area (Å²) < 4.78 is 4.46. The minimum absolute atomic E-state index is 0.0237. The molecule has 28 heavy (non-hydrogen) atoms. The van der Waals surface area contributed by atoms with Crippen LogP contribution in [0.5, 0.6) is 0 Å². The Balaban J connectivity index is 1.64. The van der Waals surface area contributed by atoms with E-state index in [2.05, 4.69) is 38.7 Å². The van der Waals surface area contributed by atoms with Gasteiger partial charge in [0.05, 0.1) is 15.6 Å². The lowest BCUT2D eigenvalue weighted by molar-refractivity contribution is 1.05. The molecule has 0 fully saturated rings. The zero-order valence-corrected chi connectivity index (χ0v) is 16.4. The first kappa shape index (κ1) is 16.8. The number of nitrogens with zero attached hydrogens (tertiary/aromatic N) is 4. The molecule has 5 rings (SSSR count). The van der Waals surface area contributed by atoms with Crippen molar-refractivity contribution >= 4 is 39.1 Å². The second-order valence-corrected chi connectivity index (χ2v) is 7.86. The van der Waals surface area contributed by atoms with E-state index >= 15 is 0 Å². The molecule has 0 radical (unpaired) electrons. The summed E-state index contributed by atoms with van der Waals surface area (Å²) in [7, 11) is 4.05. The number of hydrogen-bond donors (Lipinski definition) is 0. The molecular weight excluding hydrogens is 368 g/mol. The van der Waals surface area contributed by atoms with Gasteiger partial charge in [0.2, 0.25) is 0 Å². The highest BCUT2D eigenvalue weighted by atomic mass is 32.1. The Morgan fingerprint density at radius 2 is 1.79 bits per heavy atom. The topological polar surface area (TPSA) is 42.5 Å². The quantitative estimate of drug-likeness (QED) is 0.478. The third-order valence-electron chi connectivity index (χ3n) is 4.85. The summed E-state index contributed by atoms with van der Waals surface area (Å²) in [5.41, 5.74) is 4.85. The summed E-state index contributed by atoms with van der Waals surface area (Å²) in [6.45, 7) is 0. The number of benzene rings is 2. The van der Waals surface area contributed by atoms with Gasteiger partial charge in [-0.2, -0.15) is 0 Å². The molecule has 5 aromatic rings. The largest absolute Gasteiger partial charge is 0.378 e. The Hall–Kier alpha value is -3.38. The number of para-hydroxylation sites is 2. The van der Waals surface area contributed by atoms with E-state index in [-0.39, 0.29) is 5.56 Å². The van der Waals surface area contributed by atoms with Crippen LogP contribution in [-0.2, 0) is 0 Å². The van der Waals surface area contributed by atoms with E-state index in [1.807, 2.05) is 62.8 Å². The first-order valence-corrected chi connectivity index (χ1v) is 9.80. The molecular formula is C22H18N4OS. The van der Waals surface area contributed by atoms with Crippen molar-refractivity contribution in [2.45, 2.75) is 0 Å². The van der Waals surface area contributed by atoms with Crippen molar-refractivity contribution in [1.29, 1.82) is 0 Å². The summed E-state index contributed by atoms with van der Waals surface area (Å²) in [5.74, 6) is 0. The molecule has 0 aliphatic rings. The van der Waals surface area contributed by atoms with Crippen LogP contribution in [0.15, 0.2) is 71.7 Å². The fourth-order valence-electron chi connectivity index (χ4n) is 3.40. The highest BCUT2D eigenvalue weighted by molar-refractivity contribution is 7.15. The Morgan fingerprint density at radius 1 is 1.00 bits per heavy atom. The van der Waals surface area contributed by atoms with E-state index in [1.54, 1.807) is 4.40 Å². The highest BCUT2D eigenvalue weighted by Crippen LogP contribution is 2.19. The monoisotopic (exact) mass is 386 g/mol. The van der Waals surface area contributed by atoms with Crippen LogP contribution >= 0.6 is 11.3 Å². The summed E-state index contributed by atoms with van der Waals surface area (Å²) in [6, 6.07) is 20.1. The third kappa shape index (κ3) is 2.61. The van der Waals surface area contributed by atoms with Crippen molar-refractivity contribution in [3.63, 3.8) is 0 Å². The van der Waals surface area contributed by atoms with Gasteiger partial charge >= 0.3 is 0 Å². The molecule has 5 nitrogen and oxygen atoms in total. The highest BCUT2D eigenvalue weighted by Gasteiger charge is 2.11. The van der Waals surface area contributed by atoms with Gasteiger partial charge in [-0.05, 0) is 54.6 Å². The van der Waals surface area contributed by atoms with Gasteiger partial charge in [-0.25, -0.2) is 9.38 Å². The number of anilines is 1. The number of fused-ring (bicyclic) bond motifs is 3. The summed E-state index contributed by atoms with van der Waals surface area (Å²) >= 11 is 1.42. The minimum Gasteiger partial charge on any atom is -0.378 e. The molecule has 0 saturated carbocycles. The molecule has 6 heteroatoms. The Morgan fingerprint density at radius 3 is 2.57 bits per heavy atom. The van der Waals surface area contributed by atoms with Gasteiger partial charge in [-0.15, -0.1) is 0 Å². The molecule has 2 aromatic carbocycles. The van der Waals surface area contributed by atoms with E-state index in [0.717, 1.165) is 33.1 Å². The molecule has 0 amide bonds. The van der Waals surface area contributed by atoms with Crippen molar-refractivity contribution in [1.82, 2.24) is 14.0 Å². The predicted molar refractivity (Wildman–Crippen MR) is 116 cm³/mol. The fraction of sp³-hybridized carbons (Fsp3) is 0.0909. The molecule has 0 aliphatic carbocycles. The van der Waals surface area contributed by atoms with Crippen LogP contribution in [0.1, 0.15) is 5.69 Å². The number of thiazole rings is 1. The predicted octanol–water partition coefficient (Wildman–Crippen LogP) is 3.31. The second kappa shape index (κ2) is 6.35. The molecule has 0 unspecified atom stereocenters. The van der Waals surface area contributed by atoms with Gasteiger partial charge < -0.3 is 9.47 Å². The van der Waals surface area contributed by atoms with Gasteiger partial charge in [0.15, 0.2) is 4.96 Å². The van der Waals surface area contributed by atoms with Gasteiger partial charge in [-0.1, -0.05) is 23.5 Å². The van der Waals surface area contributed by atoms with Gasteiger partial charge in [0.25, 0.3) is 5.56 Å². The summed E-state index contributed by atoms with van der Waals surface area (Å²) in [6.07, 6.45) is 3.95. The molecule has 0 saturated heterocycles. The average Bonchev–Trinajstić information content (AvgIpc) is 3.38. The van der Waals surface area contributed by atoms with Crippen LogP contribution in [0, 0.1) is 0 Å². The van der Waals surface area contributed by atoms with E-state index in [1.165, 1.54) is 11.3 Å². The number of hydrogen-bond acceptors (Lipinski definition) is 4. The van der Waals surface area contributed by atoms with Crippen molar-refractivity contribution in [3.8, 4) is 5.69 Å². The normalized spacial score (nSPS) is 12.3. The van der Waals surface area contributed by atoms with Crippen molar-refractivity contribution in [2.75, 3.05) is 19.0 Å². The van der Waals surface area contributed by atoms with E-state index in [4.69, 9.17) is 0 Å². The second-order valence-electron chi connectivity index (χ2n) is 6.85. The maximum absolute atomic E-state index is 13.0. The molecule has 138 valence electrons. The van der Waals surface area contributed by atoms with Crippen LogP contribution in [0.2, 0.25) is 0 Å². The lowest BCUT2D eigenvalue weighted by Gasteiger charge is -2.13. The maximum Gasteiger partial charge on any atom is 0.275 e. The van der Waals surface area contributed by atoms with Crippen molar-refractivity contribution in [3.05, 3.63) is 87.4 Å². The zero-order chi connectivity index (χ0) is 19.3. The summed E-state index contributed by atoms with van der Waals surface area (Å²) in [5, 5.41) is 0. The molecule has 0 N–H and O–H groups in total. The van der Waals surface area contributed by atoms with E-state index in [0.29, 0.717) is 4.53 Å². The van der Waals surface area contributed by atoms with E-state index < -0.39 is 0 Å². The lowest BCUT2D eigenvalue weighted by atomic mass is 10.2. The molecule has 0 aliphatic heterocycles. The maximum atomic E-state index is 13.0. The van der Waals surface area contributed by atoms with Crippen LogP contribution in [0.25, 0.3) is 27.8 Å². The van der Waals surface area contributed by atoms with Crippen molar-refractivity contribution < 1.29 is 0 Å². The molecule has 0 bridgehead atoms. The van der Waals surface area contributed by atoms with Crippen LogP contribution in [0.3, 0.4) is 0 Å². The SMILES string of the molecule is CN(C)c1ccc(-n2cccc2C=c2sc3nc4ccccc4n3c2=O)cc1. The van der Waals surface area contributed by atoms with Crippen LogP contribution in [0.4, 0.5) is 5.69 Å². The van der Waals surface area contributed by atoms with Crippen LogP contribution in [-0.4, -0.2) is 28.0 Å². The Labute approximate surface area is 165 Å². The van der Waals surface area contributed by atoms with E-state index in [9.17, 15) is 4.79 Å². The first-order chi connectivity index (χ1) is 13.6. The summed E-state index contributed by atoms with van der Waals surface area (Å²) in [4.78, 5) is 20.4.